The fourth-order valence-corrected chi connectivity index (χ4v) is 3.15. The number of rotatable bonds is 5. The van der Waals surface area contributed by atoms with E-state index in [0.717, 1.165) is 5.69 Å². The number of carbonyl (C=O) groups is 2. The second kappa shape index (κ2) is 7.65. The number of benzene rings is 1. The first-order valence-electron chi connectivity index (χ1n) is 8.22. The van der Waals surface area contributed by atoms with Crippen molar-refractivity contribution in [3.63, 3.8) is 0 Å². The van der Waals surface area contributed by atoms with Gasteiger partial charge in [-0.1, -0.05) is 17.7 Å². The van der Waals surface area contributed by atoms with Gasteiger partial charge in [0.25, 0.3) is 0 Å². The van der Waals surface area contributed by atoms with E-state index in [-0.39, 0.29) is 24.4 Å². The molecule has 1 aromatic heterocycles. The van der Waals surface area contributed by atoms with E-state index in [0.29, 0.717) is 31.0 Å². The largest absolute Gasteiger partial charge is 0.329 e. The molecule has 0 saturated carbocycles. The van der Waals surface area contributed by atoms with Crippen molar-refractivity contribution in [1.29, 1.82) is 0 Å². The molecule has 2 heterocycles. The molecule has 1 aliphatic heterocycles. The van der Waals surface area contributed by atoms with Crippen LogP contribution in [0, 0.1) is 0 Å². The van der Waals surface area contributed by atoms with Crippen molar-refractivity contribution in [2.45, 2.75) is 32.4 Å². The predicted octanol–water partition coefficient (Wildman–Crippen LogP) is 1.98. The molecule has 0 N–H and O–H groups in total. The molecule has 8 heteroatoms. The lowest BCUT2D eigenvalue weighted by molar-refractivity contribution is -0.139. The summed E-state index contributed by atoms with van der Waals surface area (Å²) < 4.78 is 1.69. The summed E-state index contributed by atoms with van der Waals surface area (Å²) in [4.78, 5) is 32.2. The van der Waals surface area contributed by atoms with E-state index in [4.69, 9.17) is 11.6 Å². The lowest BCUT2D eigenvalue weighted by Crippen LogP contribution is -2.57. The predicted molar refractivity (Wildman–Crippen MR) is 94.2 cm³/mol. The summed E-state index contributed by atoms with van der Waals surface area (Å²) in [5, 5.41) is 4.60. The van der Waals surface area contributed by atoms with E-state index in [9.17, 15) is 9.59 Å². The smallest absolute Gasteiger partial charge is 0.246 e. The Hall–Kier alpha value is -2.41. The molecular weight excluding hydrogens is 342 g/mol. The molecule has 0 aliphatic carbocycles. The van der Waals surface area contributed by atoms with Crippen LogP contribution < -0.4 is 4.90 Å². The first-order chi connectivity index (χ1) is 12.0. The molecule has 1 fully saturated rings. The Morgan fingerprint density at radius 1 is 1.40 bits per heavy atom. The molecule has 132 valence electrons. The highest BCUT2D eigenvalue weighted by molar-refractivity contribution is 6.30. The van der Waals surface area contributed by atoms with Gasteiger partial charge in [0.1, 0.15) is 19.2 Å². The molecule has 0 unspecified atom stereocenters. The lowest BCUT2D eigenvalue weighted by Gasteiger charge is -2.39. The SMILES string of the molecule is C[C@H]1CN(c2cccc(Cl)c2)C(=O)CN1C(=O)CCCn1cncn1. The number of anilines is 1. The fraction of sp³-hybridized carbons (Fsp3) is 0.412. The molecule has 0 radical (unpaired) electrons. The van der Waals surface area contributed by atoms with Gasteiger partial charge in [-0.15, -0.1) is 0 Å². The lowest BCUT2D eigenvalue weighted by atomic mass is 10.1. The van der Waals surface area contributed by atoms with E-state index in [1.807, 2.05) is 19.1 Å². The zero-order valence-electron chi connectivity index (χ0n) is 14.0. The first kappa shape index (κ1) is 17.4. The number of hydrogen-bond donors (Lipinski definition) is 0. The average Bonchev–Trinajstić information content (AvgIpc) is 3.10. The highest BCUT2D eigenvalue weighted by Crippen LogP contribution is 2.23. The Kier molecular flexibility index (Phi) is 5.33. The molecule has 0 bridgehead atoms. The third-order valence-corrected chi connectivity index (χ3v) is 4.51. The van der Waals surface area contributed by atoms with Crippen LogP contribution in [-0.2, 0) is 16.1 Å². The number of hydrogen-bond acceptors (Lipinski definition) is 4. The number of carbonyl (C=O) groups excluding carboxylic acids is 2. The highest BCUT2D eigenvalue weighted by atomic mass is 35.5. The van der Waals surface area contributed by atoms with Crippen LogP contribution in [0.1, 0.15) is 19.8 Å². The summed E-state index contributed by atoms with van der Waals surface area (Å²) in [6, 6.07) is 7.16. The molecule has 2 amide bonds. The van der Waals surface area contributed by atoms with Crippen molar-refractivity contribution >= 4 is 29.1 Å². The minimum absolute atomic E-state index is 0.00768. The summed E-state index contributed by atoms with van der Waals surface area (Å²) in [5.74, 6) is -0.100. The molecule has 1 atom stereocenters. The van der Waals surface area contributed by atoms with Crippen molar-refractivity contribution in [1.82, 2.24) is 19.7 Å². The van der Waals surface area contributed by atoms with Crippen molar-refractivity contribution in [3.8, 4) is 0 Å². The number of piperazine rings is 1. The molecule has 25 heavy (non-hydrogen) atoms. The normalized spacial score (nSPS) is 17.8. The van der Waals surface area contributed by atoms with Gasteiger partial charge in [0, 0.05) is 36.3 Å². The fourth-order valence-electron chi connectivity index (χ4n) is 2.96. The minimum Gasteiger partial charge on any atom is -0.329 e. The molecule has 1 aliphatic rings. The van der Waals surface area contributed by atoms with Gasteiger partial charge in [0.2, 0.25) is 11.8 Å². The molecule has 2 aromatic rings. The van der Waals surface area contributed by atoms with Gasteiger partial charge >= 0.3 is 0 Å². The third kappa shape index (κ3) is 4.17. The summed E-state index contributed by atoms with van der Waals surface area (Å²) in [5.41, 5.74) is 0.766. The minimum atomic E-state index is -0.0926. The Bertz CT molecular complexity index is 749. The van der Waals surface area contributed by atoms with Crippen LogP contribution in [0.4, 0.5) is 5.69 Å². The van der Waals surface area contributed by atoms with Crippen molar-refractivity contribution in [2.75, 3.05) is 18.0 Å². The Morgan fingerprint density at radius 3 is 2.96 bits per heavy atom. The van der Waals surface area contributed by atoms with Crippen LogP contribution in [0.15, 0.2) is 36.9 Å². The zero-order chi connectivity index (χ0) is 17.8. The van der Waals surface area contributed by atoms with Crippen molar-refractivity contribution in [2.24, 2.45) is 0 Å². The summed E-state index contributed by atoms with van der Waals surface area (Å²) in [7, 11) is 0. The quantitative estimate of drug-likeness (QED) is 0.816. The van der Waals surface area contributed by atoms with Gasteiger partial charge in [-0.05, 0) is 31.5 Å². The van der Waals surface area contributed by atoms with E-state index in [2.05, 4.69) is 10.1 Å². The standard InChI is InChI=1S/C17H20ClN5O2/c1-13-9-23(15-5-2-4-14(18)8-15)17(25)10-22(13)16(24)6-3-7-21-12-19-11-20-21/h2,4-5,8,11-13H,3,6-7,9-10H2,1H3/t13-/m0/s1. The second-order valence-corrected chi connectivity index (χ2v) is 6.55. The van der Waals surface area contributed by atoms with Crippen LogP contribution in [0.25, 0.3) is 0 Å². The maximum Gasteiger partial charge on any atom is 0.246 e. The summed E-state index contributed by atoms with van der Waals surface area (Å²) in [6.07, 6.45) is 4.14. The van der Waals surface area contributed by atoms with Crippen LogP contribution in [0.3, 0.4) is 0 Å². The van der Waals surface area contributed by atoms with Crippen LogP contribution in [0.5, 0.6) is 0 Å². The summed E-state index contributed by atoms with van der Waals surface area (Å²) >= 11 is 6.01. The molecule has 7 nitrogen and oxygen atoms in total. The molecule has 0 spiro atoms. The van der Waals surface area contributed by atoms with Gasteiger partial charge in [-0.2, -0.15) is 5.10 Å². The van der Waals surface area contributed by atoms with Crippen LogP contribution in [-0.4, -0.2) is 50.6 Å². The van der Waals surface area contributed by atoms with E-state index < -0.39 is 0 Å². The monoisotopic (exact) mass is 361 g/mol. The number of nitrogens with zero attached hydrogens (tertiary/aromatic N) is 5. The maximum absolute atomic E-state index is 12.5. The molecule has 1 aromatic carbocycles. The molecular formula is C17H20ClN5O2. The van der Waals surface area contributed by atoms with E-state index in [1.54, 1.807) is 32.9 Å². The topological polar surface area (TPSA) is 71.3 Å². The second-order valence-electron chi connectivity index (χ2n) is 6.12. The van der Waals surface area contributed by atoms with Gasteiger partial charge in [-0.25, -0.2) is 4.98 Å². The maximum atomic E-state index is 12.5. The zero-order valence-corrected chi connectivity index (χ0v) is 14.8. The Labute approximate surface area is 151 Å². The Morgan fingerprint density at radius 2 is 2.24 bits per heavy atom. The van der Waals surface area contributed by atoms with Crippen molar-refractivity contribution < 1.29 is 9.59 Å². The number of halogens is 1. The first-order valence-corrected chi connectivity index (χ1v) is 8.60. The van der Waals surface area contributed by atoms with Crippen LogP contribution >= 0.6 is 11.6 Å². The van der Waals surface area contributed by atoms with Gasteiger partial charge in [0.15, 0.2) is 0 Å². The van der Waals surface area contributed by atoms with E-state index in [1.165, 1.54) is 6.33 Å². The number of aromatic nitrogens is 3. The average molecular weight is 362 g/mol. The number of amides is 2. The summed E-state index contributed by atoms with van der Waals surface area (Å²) in [6.45, 7) is 3.15. The molecule has 3 rings (SSSR count). The molecule has 1 saturated heterocycles. The third-order valence-electron chi connectivity index (χ3n) is 4.27. The van der Waals surface area contributed by atoms with Crippen molar-refractivity contribution in [3.05, 3.63) is 41.9 Å². The number of aryl methyl sites for hydroxylation is 1. The van der Waals surface area contributed by atoms with Crippen LogP contribution in [0.2, 0.25) is 5.02 Å². The van der Waals surface area contributed by atoms with E-state index >= 15 is 0 Å². The highest BCUT2D eigenvalue weighted by Gasteiger charge is 2.32. The van der Waals surface area contributed by atoms with Gasteiger partial charge in [0.05, 0.1) is 0 Å². The Balaban J connectivity index is 1.57. The van der Waals surface area contributed by atoms with Gasteiger partial charge in [-0.3, -0.25) is 14.3 Å². The van der Waals surface area contributed by atoms with Gasteiger partial charge < -0.3 is 9.80 Å².